The predicted molar refractivity (Wildman–Crippen MR) is 111 cm³/mol. The molecule has 31 heavy (non-hydrogen) atoms. The zero-order valence-electron chi connectivity index (χ0n) is 17.4. The molecule has 1 aliphatic heterocycles. The van der Waals surface area contributed by atoms with E-state index in [2.05, 4.69) is 10.2 Å². The molecule has 2 heterocycles. The first-order chi connectivity index (χ1) is 14.8. The van der Waals surface area contributed by atoms with Gasteiger partial charge in [0, 0.05) is 24.0 Å². The van der Waals surface area contributed by atoms with Crippen LogP contribution in [0.25, 0.3) is 0 Å². The van der Waals surface area contributed by atoms with Crippen molar-refractivity contribution < 1.29 is 22.7 Å². The number of methoxy groups -OCH3 is 1. The van der Waals surface area contributed by atoms with Crippen LogP contribution in [-0.2, 0) is 24.1 Å². The molecule has 1 aromatic carbocycles. The zero-order chi connectivity index (χ0) is 22.4. The van der Waals surface area contributed by atoms with Crippen LogP contribution in [0.5, 0.6) is 5.75 Å². The minimum Gasteiger partial charge on any atom is -0.491 e. The Labute approximate surface area is 178 Å². The number of amides is 1. The van der Waals surface area contributed by atoms with Crippen molar-refractivity contribution in [2.75, 3.05) is 25.5 Å². The van der Waals surface area contributed by atoms with Crippen molar-refractivity contribution in [1.82, 2.24) is 9.47 Å². The molecule has 9 heteroatoms. The number of nitrogens with one attached hydrogen (secondary N) is 1. The average molecular weight is 437 g/mol. The first kappa shape index (κ1) is 22.9. The number of pyridine rings is 1. The normalized spacial score (nSPS) is 15.4. The third-order valence-corrected chi connectivity index (χ3v) is 5.30. The number of ether oxygens (including phenoxy) is 1. The van der Waals surface area contributed by atoms with Crippen molar-refractivity contribution in [2.45, 2.75) is 44.9 Å². The predicted octanol–water partition coefficient (Wildman–Crippen LogP) is 3.89. The van der Waals surface area contributed by atoms with Crippen molar-refractivity contribution in [3.8, 4) is 5.75 Å². The minimum atomic E-state index is -4.43. The van der Waals surface area contributed by atoms with Crippen LogP contribution in [0.1, 0.15) is 36.9 Å². The van der Waals surface area contributed by atoms with Crippen LogP contribution in [0.15, 0.2) is 41.3 Å². The van der Waals surface area contributed by atoms with Gasteiger partial charge in [-0.3, -0.25) is 14.5 Å². The number of alkyl halides is 3. The first-order valence-electron chi connectivity index (χ1n) is 10.2. The van der Waals surface area contributed by atoms with Gasteiger partial charge in [-0.1, -0.05) is 12.8 Å². The highest BCUT2D eigenvalue weighted by molar-refractivity contribution is 5.90. The van der Waals surface area contributed by atoms with Gasteiger partial charge in [0.05, 0.1) is 18.9 Å². The molecule has 1 fully saturated rings. The summed E-state index contributed by atoms with van der Waals surface area (Å²) in [4.78, 5) is 27.1. The van der Waals surface area contributed by atoms with Gasteiger partial charge in [0.15, 0.2) is 5.75 Å². The number of hydrogen-bond donors (Lipinski definition) is 1. The van der Waals surface area contributed by atoms with Crippen molar-refractivity contribution in [3.05, 3.63) is 58.0 Å². The monoisotopic (exact) mass is 437 g/mol. The van der Waals surface area contributed by atoms with Gasteiger partial charge in [0.2, 0.25) is 11.3 Å². The molecule has 1 N–H and O–H groups in total. The van der Waals surface area contributed by atoms with Crippen LogP contribution in [-0.4, -0.2) is 35.6 Å². The Morgan fingerprint density at radius 1 is 1.10 bits per heavy atom. The van der Waals surface area contributed by atoms with E-state index in [1.165, 1.54) is 44.3 Å². The number of halogens is 3. The maximum atomic E-state index is 12.7. The van der Waals surface area contributed by atoms with E-state index in [9.17, 15) is 22.8 Å². The lowest BCUT2D eigenvalue weighted by atomic mass is 10.2. The van der Waals surface area contributed by atoms with Crippen molar-refractivity contribution in [1.29, 1.82) is 0 Å². The second-order valence-electron chi connectivity index (χ2n) is 7.64. The highest BCUT2D eigenvalue weighted by atomic mass is 19.4. The lowest BCUT2D eigenvalue weighted by Crippen LogP contribution is -2.29. The Morgan fingerprint density at radius 2 is 1.74 bits per heavy atom. The van der Waals surface area contributed by atoms with Gasteiger partial charge in [0.25, 0.3) is 0 Å². The molecule has 3 rings (SSSR count). The largest absolute Gasteiger partial charge is 0.491 e. The molecule has 1 aromatic heterocycles. The third-order valence-electron chi connectivity index (χ3n) is 5.30. The molecule has 0 bridgehead atoms. The lowest BCUT2D eigenvalue weighted by Gasteiger charge is -2.23. The number of anilines is 1. The van der Waals surface area contributed by atoms with Crippen LogP contribution in [0.2, 0.25) is 0 Å². The molecule has 0 aliphatic carbocycles. The Balaban J connectivity index is 1.75. The molecule has 0 saturated carbocycles. The smallest absolute Gasteiger partial charge is 0.416 e. The molecule has 1 amide bonds. The molecular weight excluding hydrogens is 411 g/mol. The molecule has 0 unspecified atom stereocenters. The Hall–Kier alpha value is -2.81. The second kappa shape index (κ2) is 10.00. The lowest BCUT2D eigenvalue weighted by molar-refractivity contribution is -0.137. The summed E-state index contributed by atoms with van der Waals surface area (Å²) in [5, 5.41) is 2.60. The molecule has 1 aliphatic rings. The maximum Gasteiger partial charge on any atom is 0.416 e. The second-order valence-corrected chi connectivity index (χ2v) is 7.64. The van der Waals surface area contributed by atoms with E-state index in [-0.39, 0.29) is 23.4 Å². The van der Waals surface area contributed by atoms with Crippen molar-refractivity contribution >= 4 is 11.6 Å². The number of likely N-dealkylation sites (tertiary alicyclic amines) is 1. The summed E-state index contributed by atoms with van der Waals surface area (Å²) in [6.45, 7) is 2.30. The topological polar surface area (TPSA) is 63.6 Å². The number of hydrogen-bond acceptors (Lipinski definition) is 4. The fraction of sp³-hybridized carbons (Fsp3) is 0.455. The summed E-state index contributed by atoms with van der Waals surface area (Å²) in [7, 11) is 1.39. The third kappa shape index (κ3) is 6.33. The fourth-order valence-corrected chi connectivity index (χ4v) is 3.65. The molecule has 168 valence electrons. The van der Waals surface area contributed by atoms with Gasteiger partial charge >= 0.3 is 6.18 Å². The number of nitrogens with zero attached hydrogens (tertiary/aromatic N) is 2. The summed E-state index contributed by atoms with van der Waals surface area (Å²) >= 11 is 0. The fourth-order valence-electron chi connectivity index (χ4n) is 3.65. The number of carbonyl (C=O) groups is 1. The van der Waals surface area contributed by atoms with E-state index in [4.69, 9.17) is 4.74 Å². The SMILES string of the molecule is COc1cn(CC(=O)Nc2ccc(C(F)(F)F)cc2)c(CN2CCCCCC2)cc1=O. The van der Waals surface area contributed by atoms with Gasteiger partial charge in [-0.15, -0.1) is 0 Å². The molecule has 0 atom stereocenters. The summed E-state index contributed by atoms with van der Waals surface area (Å²) in [5.74, 6) is -0.287. The van der Waals surface area contributed by atoms with Gasteiger partial charge < -0.3 is 14.6 Å². The average Bonchev–Trinajstić information content (AvgIpc) is 2.98. The van der Waals surface area contributed by atoms with E-state index in [0.29, 0.717) is 12.2 Å². The molecule has 1 saturated heterocycles. The number of aromatic nitrogens is 1. The standard InChI is InChI=1S/C22H26F3N3O3/c1-31-20-14-28(18(12-19(20)29)13-27-10-4-2-3-5-11-27)15-21(30)26-17-8-6-16(7-9-17)22(23,24)25/h6-9,12,14H,2-5,10-11,13,15H2,1H3,(H,26,30). The zero-order valence-corrected chi connectivity index (χ0v) is 17.4. The number of carbonyl (C=O) groups excluding carboxylic acids is 1. The highest BCUT2D eigenvalue weighted by Gasteiger charge is 2.30. The van der Waals surface area contributed by atoms with E-state index >= 15 is 0 Å². The van der Waals surface area contributed by atoms with Crippen LogP contribution in [0.4, 0.5) is 18.9 Å². The van der Waals surface area contributed by atoms with Crippen molar-refractivity contribution in [3.63, 3.8) is 0 Å². The molecule has 6 nitrogen and oxygen atoms in total. The van der Waals surface area contributed by atoms with Crippen LogP contribution in [0.3, 0.4) is 0 Å². The van der Waals surface area contributed by atoms with Crippen LogP contribution >= 0.6 is 0 Å². The van der Waals surface area contributed by atoms with Gasteiger partial charge in [-0.2, -0.15) is 13.2 Å². The molecule has 0 radical (unpaired) electrons. The highest BCUT2D eigenvalue weighted by Crippen LogP contribution is 2.29. The summed E-state index contributed by atoms with van der Waals surface area (Å²) in [5.41, 5.74) is -0.0857. The first-order valence-corrected chi connectivity index (χ1v) is 10.2. The number of benzene rings is 1. The molecule has 2 aromatic rings. The number of rotatable bonds is 6. The summed E-state index contributed by atoms with van der Waals surface area (Å²) in [6.07, 6.45) is 1.62. The molecular formula is C22H26F3N3O3. The molecule has 0 spiro atoms. The Kier molecular flexibility index (Phi) is 7.37. The van der Waals surface area contributed by atoms with E-state index in [0.717, 1.165) is 38.1 Å². The van der Waals surface area contributed by atoms with Gasteiger partial charge in [-0.25, -0.2) is 0 Å². The Morgan fingerprint density at radius 3 is 2.32 bits per heavy atom. The van der Waals surface area contributed by atoms with E-state index in [1.54, 1.807) is 4.57 Å². The van der Waals surface area contributed by atoms with Crippen LogP contribution in [0, 0.1) is 0 Å². The quantitative estimate of drug-likeness (QED) is 0.745. The maximum absolute atomic E-state index is 12.7. The summed E-state index contributed by atoms with van der Waals surface area (Å²) in [6, 6.07) is 5.75. The minimum absolute atomic E-state index is 0.0964. The van der Waals surface area contributed by atoms with Crippen LogP contribution < -0.4 is 15.5 Å². The van der Waals surface area contributed by atoms with E-state index < -0.39 is 17.6 Å². The summed E-state index contributed by atoms with van der Waals surface area (Å²) < 4.78 is 44.9. The Bertz CT molecular complexity index is 947. The van der Waals surface area contributed by atoms with Gasteiger partial charge in [-0.05, 0) is 50.2 Å². The van der Waals surface area contributed by atoms with E-state index in [1.807, 2.05) is 0 Å². The van der Waals surface area contributed by atoms with Crippen molar-refractivity contribution in [2.24, 2.45) is 0 Å². The van der Waals surface area contributed by atoms with Gasteiger partial charge in [0.1, 0.15) is 6.54 Å².